The third-order valence-electron chi connectivity index (χ3n) is 10.0. The Morgan fingerprint density at radius 2 is 0.810 bits per heavy atom. The molecule has 0 N–H and O–H groups in total. The zero-order valence-corrected chi connectivity index (χ0v) is 34.9. The Bertz CT molecular complexity index is 995. The minimum absolute atomic E-state index is 0. The van der Waals surface area contributed by atoms with E-state index >= 15 is 0 Å². The van der Waals surface area contributed by atoms with Crippen LogP contribution >= 0.6 is 49.6 Å². The van der Waals surface area contributed by atoms with Gasteiger partial charge in [-0.25, -0.2) is 0 Å². The summed E-state index contributed by atoms with van der Waals surface area (Å²) in [5, 5.41) is 0. The molecule has 2 saturated carbocycles. The third-order valence-corrected chi connectivity index (χ3v) is 10.0. The molecule has 0 amide bonds. The van der Waals surface area contributed by atoms with Gasteiger partial charge in [0.25, 0.3) is 0 Å². The molecule has 0 bridgehead atoms. The van der Waals surface area contributed by atoms with Crippen LogP contribution in [0.2, 0.25) is 0 Å². The van der Waals surface area contributed by atoms with Crippen LogP contribution in [0, 0.1) is 48.3 Å². The number of fused-ring (bicyclic) bond motifs is 2. The van der Waals surface area contributed by atoms with Crippen molar-refractivity contribution in [3.63, 3.8) is 0 Å². The van der Waals surface area contributed by atoms with Crippen LogP contribution in [0.1, 0.15) is 81.1 Å². The van der Waals surface area contributed by atoms with Gasteiger partial charge in [0, 0.05) is 64.2 Å². The summed E-state index contributed by atoms with van der Waals surface area (Å²) in [5.41, 5.74) is 12.4. The van der Waals surface area contributed by atoms with Gasteiger partial charge in [-0.3, -0.25) is 0 Å². The minimum Gasteiger partial charge on any atom is -0.321 e. The van der Waals surface area contributed by atoms with Crippen LogP contribution in [0.5, 0.6) is 0 Å². The van der Waals surface area contributed by atoms with Gasteiger partial charge in [0.2, 0.25) is 0 Å². The summed E-state index contributed by atoms with van der Waals surface area (Å²) >= 11 is 0. The van der Waals surface area contributed by atoms with E-state index in [1.165, 1.54) is 48.0 Å². The monoisotopic (exact) mass is 804 g/mol. The van der Waals surface area contributed by atoms with E-state index in [-0.39, 0.29) is 102 Å². The topological polar surface area (TPSA) is 0 Å². The molecule has 2 fully saturated rings. The number of allylic oxidation sites excluding steroid dienone is 16. The van der Waals surface area contributed by atoms with Crippen molar-refractivity contribution in [2.24, 2.45) is 35.5 Å². The molecule has 6 rings (SSSR count). The standard InChI is InChI=1S/C18H26.2C9H11.4ClH.2Zr/c1-9-10(2)14(6)17(13(9)5)18-15(7)11(3)12(4)16(18)8;2*1-2-5-9-7-3-6-8(9)4-1;;;;;;/h13,15H,1-8H3;2*1-2,4-6,8-9H,3,7H2;4*1H;;/q;2*-1;;;;;;. The molecule has 0 aromatic heterocycles. The van der Waals surface area contributed by atoms with Gasteiger partial charge in [-0.05, 0) is 86.8 Å². The van der Waals surface area contributed by atoms with Gasteiger partial charge in [0.05, 0.1) is 0 Å². The van der Waals surface area contributed by atoms with Crippen LogP contribution in [0.15, 0.2) is 93.2 Å². The Morgan fingerprint density at radius 1 is 0.500 bits per heavy atom. The first-order valence-corrected chi connectivity index (χ1v) is 14.4. The normalized spacial score (nSPS) is 29.3. The largest absolute Gasteiger partial charge is 0.321 e. The van der Waals surface area contributed by atoms with Crippen molar-refractivity contribution < 1.29 is 52.4 Å². The SMILES string of the molecule is C1=CC2[CH-]CCC2C=C1.C1=CC2[CH-]CCC2C=C1.CC1=C(C)C(C)C(C2=C(C)C(C)=C(C)C2C)=C1C.Cl.Cl.Cl.Cl.[Zr].[Zr]. The molecule has 6 aliphatic rings. The molecule has 0 spiro atoms. The predicted molar refractivity (Wildman–Crippen MR) is 187 cm³/mol. The molecule has 6 atom stereocenters. The quantitative estimate of drug-likeness (QED) is 0.232. The summed E-state index contributed by atoms with van der Waals surface area (Å²) in [7, 11) is 0. The Kier molecular flexibility index (Phi) is 24.3. The summed E-state index contributed by atoms with van der Waals surface area (Å²) < 4.78 is 0. The van der Waals surface area contributed by atoms with E-state index < -0.39 is 0 Å². The van der Waals surface area contributed by atoms with E-state index in [4.69, 9.17) is 0 Å². The van der Waals surface area contributed by atoms with E-state index in [9.17, 15) is 0 Å². The summed E-state index contributed by atoms with van der Waals surface area (Å²) in [5.74, 6) is 4.42. The van der Waals surface area contributed by atoms with Crippen molar-refractivity contribution in [1.82, 2.24) is 0 Å². The summed E-state index contributed by atoms with van der Waals surface area (Å²) in [6, 6.07) is 0. The number of halogens is 4. The van der Waals surface area contributed by atoms with Crippen molar-refractivity contribution in [3.05, 3.63) is 106 Å². The molecule has 42 heavy (non-hydrogen) atoms. The van der Waals surface area contributed by atoms with E-state index in [0.29, 0.717) is 11.8 Å². The molecule has 0 radical (unpaired) electrons. The van der Waals surface area contributed by atoms with Crippen LogP contribution < -0.4 is 0 Å². The summed E-state index contributed by atoms with van der Waals surface area (Å²) in [6.07, 6.45) is 28.1. The van der Waals surface area contributed by atoms with Gasteiger partial charge in [0.15, 0.2) is 0 Å². The molecule has 6 aliphatic carbocycles. The first-order valence-electron chi connectivity index (χ1n) is 14.4. The second kappa shape index (κ2) is 21.6. The van der Waals surface area contributed by atoms with E-state index in [0.717, 1.165) is 23.7 Å². The van der Waals surface area contributed by atoms with Crippen molar-refractivity contribution in [2.45, 2.75) is 81.1 Å². The zero-order chi connectivity index (χ0) is 26.0. The molecule has 234 valence electrons. The summed E-state index contributed by atoms with van der Waals surface area (Å²) in [4.78, 5) is 0. The van der Waals surface area contributed by atoms with Crippen LogP contribution in [0.3, 0.4) is 0 Å². The molecular formula is C36H52Cl4Zr2-2. The molecule has 0 aromatic rings. The Labute approximate surface area is 321 Å². The first-order chi connectivity index (χ1) is 17.2. The average molecular weight is 809 g/mol. The maximum absolute atomic E-state index is 2.42. The summed E-state index contributed by atoms with van der Waals surface area (Å²) in [6.45, 7) is 18.5. The van der Waals surface area contributed by atoms with Crippen molar-refractivity contribution in [2.75, 3.05) is 0 Å². The van der Waals surface area contributed by atoms with Gasteiger partial charge in [-0.1, -0.05) is 74.3 Å². The first kappa shape index (κ1) is 47.3. The van der Waals surface area contributed by atoms with Crippen LogP contribution in [-0.2, 0) is 52.4 Å². The van der Waals surface area contributed by atoms with Crippen LogP contribution in [0.4, 0.5) is 0 Å². The van der Waals surface area contributed by atoms with E-state index in [2.05, 4.69) is 117 Å². The second-order valence-electron chi connectivity index (χ2n) is 11.8. The van der Waals surface area contributed by atoms with Gasteiger partial charge in [-0.15, -0.1) is 73.6 Å². The molecule has 0 aliphatic heterocycles. The fourth-order valence-electron chi connectivity index (χ4n) is 6.99. The third kappa shape index (κ3) is 10.4. The smallest absolute Gasteiger partial charge is 0.00286 e. The molecular weight excluding hydrogens is 757 g/mol. The van der Waals surface area contributed by atoms with E-state index in [1.54, 1.807) is 22.3 Å². The molecule has 6 unspecified atom stereocenters. The zero-order valence-electron chi connectivity index (χ0n) is 26.7. The minimum atomic E-state index is 0. The van der Waals surface area contributed by atoms with Gasteiger partial charge in [-0.2, -0.15) is 12.8 Å². The van der Waals surface area contributed by atoms with E-state index in [1.807, 2.05) is 0 Å². The molecule has 0 saturated heterocycles. The molecule has 0 aromatic carbocycles. The van der Waals surface area contributed by atoms with Crippen molar-refractivity contribution >= 4 is 49.6 Å². The van der Waals surface area contributed by atoms with Crippen molar-refractivity contribution in [3.8, 4) is 0 Å². The second-order valence-corrected chi connectivity index (χ2v) is 11.8. The predicted octanol–water partition coefficient (Wildman–Crippen LogP) is 12.0. The Balaban J connectivity index is -0.000000545. The van der Waals surface area contributed by atoms with Gasteiger partial charge >= 0.3 is 0 Å². The fraction of sp³-hybridized carbons (Fsp3) is 0.500. The molecule has 6 heteroatoms. The van der Waals surface area contributed by atoms with Gasteiger partial charge in [0.1, 0.15) is 0 Å². The fourth-order valence-corrected chi connectivity index (χ4v) is 6.99. The Hall–Kier alpha value is 0.846. The number of hydrogen-bond donors (Lipinski definition) is 0. The Morgan fingerprint density at radius 3 is 1.07 bits per heavy atom. The number of hydrogen-bond acceptors (Lipinski definition) is 0. The average Bonchev–Trinajstić information content (AvgIpc) is 3.65. The maximum atomic E-state index is 2.42. The molecule has 0 heterocycles. The number of rotatable bonds is 1. The van der Waals surface area contributed by atoms with Crippen LogP contribution in [-0.4, -0.2) is 0 Å². The van der Waals surface area contributed by atoms with Crippen LogP contribution in [0.25, 0.3) is 0 Å². The van der Waals surface area contributed by atoms with Crippen molar-refractivity contribution in [1.29, 1.82) is 0 Å². The molecule has 0 nitrogen and oxygen atoms in total. The van der Waals surface area contributed by atoms with Gasteiger partial charge < -0.3 is 12.8 Å². The maximum Gasteiger partial charge on any atom is 0.00286 e.